The molecule has 0 aliphatic carbocycles. The first-order valence-corrected chi connectivity index (χ1v) is 8.06. The summed E-state index contributed by atoms with van der Waals surface area (Å²) in [7, 11) is -1.38. The number of methoxy groups -OCH3 is 1. The average Bonchev–Trinajstić information content (AvgIpc) is 2.41. The summed E-state index contributed by atoms with van der Waals surface area (Å²) in [5, 5.41) is 9.01. The second-order valence-corrected chi connectivity index (χ2v) is 7.06. The van der Waals surface area contributed by atoms with Crippen LogP contribution in [0.2, 0.25) is 0 Å². The molecule has 20 heavy (non-hydrogen) atoms. The summed E-state index contributed by atoms with van der Waals surface area (Å²) in [5.74, 6) is -0.0828. The molecule has 1 aromatic rings. The Bertz CT molecular complexity index is 597. The van der Waals surface area contributed by atoms with Crippen LogP contribution in [-0.2, 0) is 16.4 Å². The van der Waals surface area contributed by atoms with E-state index in [1.54, 1.807) is 12.1 Å². The third-order valence-corrected chi connectivity index (χ3v) is 4.97. The molecule has 1 N–H and O–H groups in total. The topological polar surface area (TPSA) is 83.9 Å². The van der Waals surface area contributed by atoms with Gasteiger partial charge in [-0.1, -0.05) is 0 Å². The number of nitrogens with zero attached hydrogens (tertiary/aromatic N) is 1. The molecule has 0 saturated carbocycles. The first-order valence-electron chi connectivity index (χ1n) is 6.24. The SMILES string of the molecule is COc1ccc(C(=O)O)cc1CN1CCS(=O)(=O)CC1. The molecule has 0 aromatic heterocycles. The third kappa shape index (κ3) is 3.49. The maximum absolute atomic E-state index is 11.4. The molecule has 0 spiro atoms. The van der Waals surface area contributed by atoms with Crippen molar-refractivity contribution in [1.82, 2.24) is 4.90 Å². The molecule has 110 valence electrons. The summed E-state index contributed by atoms with van der Waals surface area (Å²) >= 11 is 0. The molecule has 0 atom stereocenters. The molecular formula is C13H17NO5S. The Balaban J connectivity index is 2.15. The van der Waals surface area contributed by atoms with Crippen LogP contribution in [-0.4, -0.2) is 56.1 Å². The van der Waals surface area contributed by atoms with Crippen LogP contribution in [0.3, 0.4) is 0 Å². The van der Waals surface area contributed by atoms with Gasteiger partial charge in [0.25, 0.3) is 0 Å². The summed E-state index contributed by atoms with van der Waals surface area (Å²) in [6.07, 6.45) is 0. The van der Waals surface area contributed by atoms with Crippen molar-refractivity contribution in [2.45, 2.75) is 6.54 Å². The highest BCUT2D eigenvalue weighted by molar-refractivity contribution is 7.91. The third-order valence-electron chi connectivity index (χ3n) is 3.36. The Hall–Kier alpha value is -1.60. The van der Waals surface area contributed by atoms with Crippen LogP contribution in [0, 0.1) is 0 Å². The molecular weight excluding hydrogens is 282 g/mol. The lowest BCUT2D eigenvalue weighted by Crippen LogP contribution is -2.39. The summed E-state index contributed by atoms with van der Waals surface area (Å²) in [6, 6.07) is 4.69. The maximum Gasteiger partial charge on any atom is 0.335 e. The first kappa shape index (κ1) is 14.8. The van der Waals surface area contributed by atoms with Crippen molar-refractivity contribution in [1.29, 1.82) is 0 Å². The molecule has 1 aliphatic rings. The number of hydrogen-bond acceptors (Lipinski definition) is 5. The van der Waals surface area contributed by atoms with Gasteiger partial charge in [0.1, 0.15) is 5.75 Å². The predicted molar refractivity (Wildman–Crippen MR) is 73.9 cm³/mol. The van der Waals surface area contributed by atoms with Crippen LogP contribution >= 0.6 is 0 Å². The van der Waals surface area contributed by atoms with E-state index in [9.17, 15) is 13.2 Å². The largest absolute Gasteiger partial charge is 0.496 e. The summed E-state index contributed by atoms with van der Waals surface area (Å²) in [4.78, 5) is 13.0. The van der Waals surface area contributed by atoms with Crippen molar-refractivity contribution >= 4 is 15.8 Å². The molecule has 2 rings (SSSR count). The van der Waals surface area contributed by atoms with Crippen molar-refractivity contribution in [3.05, 3.63) is 29.3 Å². The Morgan fingerprint density at radius 3 is 2.55 bits per heavy atom. The van der Waals surface area contributed by atoms with Gasteiger partial charge >= 0.3 is 5.97 Å². The molecule has 0 amide bonds. The molecule has 0 bridgehead atoms. The number of carboxylic acid groups (broad SMARTS) is 1. The van der Waals surface area contributed by atoms with Crippen molar-refractivity contribution in [3.8, 4) is 5.75 Å². The van der Waals surface area contributed by atoms with Gasteiger partial charge in [-0.2, -0.15) is 0 Å². The molecule has 1 aromatic carbocycles. The fraction of sp³-hybridized carbons (Fsp3) is 0.462. The van der Waals surface area contributed by atoms with Crippen LogP contribution in [0.15, 0.2) is 18.2 Å². The van der Waals surface area contributed by atoms with Crippen LogP contribution < -0.4 is 4.74 Å². The minimum absolute atomic E-state index is 0.147. The Kier molecular flexibility index (Phi) is 4.29. The maximum atomic E-state index is 11.4. The Labute approximate surface area is 117 Å². The van der Waals surface area contributed by atoms with Crippen molar-refractivity contribution in [3.63, 3.8) is 0 Å². The molecule has 7 heteroatoms. The minimum Gasteiger partial charge on any atom is -0.496 e. The van der Waals surface area contributed by atoms with E-state index in [-0.39, 0.29) is 17.1 Å². The van der Waals surface area contributed by atoms with Crippen LogP contribution in [0.4, 0.5) is 0 Å². The highest BCUT2D eigenvalue weighted by Gasteiger charge is 2.22. The van der Waals surface area contributed by atoms with Gasteiger partial charge in [0.2, 0.25) is 0 Å². The van der Waals surface area contributed by atoms with Gasteiger partial charge in [-0.15, -0.1) is 0 Å². The van der Waals surface area contributed by atoms with Gasteiger partial charge in [0.05, 0.1) is 24.2 Å². The van der Waals surface area contributed by atoms with Crippen LogP contribution in [0.5, 0.6) is 5.75 Å². The van der Waals surface area contributed by atoms with E-state index >= 15 is 0 Å². The van der Waals surface area contributed by atoms with E-state index in [1.165, 1.54) is 13.2 Å². The number of sulfone groups is 1. The van der Waals surface area contributed by atoms with E-state index in [0.717, 1.165) is 5.56 Å². The van der Waals surface area contributed by atoms with Crippen LogP contribution in [0.25, 0.3) is 0 Å². The quantitative estimate of drug-likeness (QED) is 0.877. The fourth-order valence-corrected chi connectivity index (χ4v) is 3.46. The lowest BCUT2D eigenvalue weighted by atomic mass is 10.1. The first-order chi connectivity index (χ1) is 9.41. The number of rotatable bonds is 4. The summed E-state index contributed by atoms with van der Waals surface area (Å²) in [6.45, 7) is 1.41. The number of aromatic carboxylic acids is 1. The number of benzene rings is 1. The van der Waals surface area contributed by atoms with Crippen molar-refractivity contribution in [2.24, 2.45) is 0 Å². The number of carbonyl (C=O) groups is 1. The zero-order valence-electron chi connectivity index (χ0n) is 11.2. The van der Waals surface area contributed by atoms with E-state index in [1.807, 2.05) is 4.90 Å². The van der Waals surface area contributed by atoms with E-state index in [4.69, 9.17) is 9.84 Å². The molecule has 1 aliphatic heterocycles. The van der Waals surface area contributed by atoms with Gasteiger partial charge in [0.15, 0.2) is 9.84 Å². The summed E-state index contributed by atoms with van der Waals surface area (Å²) < 4.78 is 28.0. The number of ether oxygens (including phenoxy) is 1. The van der Waals surface area contributed by atoms with E-state index < -0.39 is 15.8 Å². The molecule has 1 saturated heterocycles. The monoisotopic (exact) mass is 299 g/mol. The second kappa shape index (κ2) is 5.80. The number of hydrogen-bond donors (Lipinski definition) is 1. The number of carboxylic acids is 1. The summed E-state index contributed by atoms with van der Waals surface area (Å²) in [5.41, 5.74) is 0.956. The van der Waals surface area contributed by atoms with Gasteiger partial charge in [-0.25, -0.2) is 13.2 Å². The van der Waals surface area contributed by atoms with Gasteiger partial charge in [-0.05, 0) is 18.2 Å². The fourth-order valence-electron chi connectivity index (χ4n) is 2.18. The highest BCUT2D eigenvalue weighted by atomic mass is 32.2. The van der Waals surface area contributed by atoms with E-state index in [2.05, 4.69) is 0 Å². The molecule has 0 unspecified atom stereocenters. The van der Waals surface area contributed by atoms with E-state index in [0.29, 0.717) is 25.4 Å². The zero-order chi connectivity index (χ0) is 14.8. The van der Waals surface area contributed by atoms with Crippen molar-refractivity contribution < 1.29 is 23.1 Å². The Morgan fingerprint density at radius 1 is 1.35 bits per heavy atom. The van der Waals surface area contributed by atoms with Gasteiger partial charge < -0.3 is 9.84 Å². The standard InChI is InChI=1S/C13H17NO5S/c1-19-12-3-2-10(13(15)16)8-11(12)9-14-4-6-20(17,18)7-5-14/h2-3,8H,4-7,9H2,1H3,(H,15,16). The normalized spacial score (nSPS) is 18.6. The Morgan fingerprint density at radius 2 is 2.00 bits per heavy atom. The molecule has 1 heterocycles. The highest BCUT2D eigenvalue weighted by Crippen LogP contribution is 2.22. The van der Waals surface area contributed by atoms with Gasteiger partial charge in [-0.3, -0.25) is 4.90 Å². The molecule has 6 nitrogen and oxygen atoms in total. The smallest absolute Gasteiger partial charge is 0.335 e. The van der Waals surface area contributed by atoms with Crippen molar-refractivity contribution in [2.75, 3.05) is 31.7 Å². The van der Waals surface area contributed by atoms with Gasteiger partial charge in [0, 0.05) is 25.2 Å². The zero-order valence-corrected chi connectivity index (χ0v) is 12.0. The predicted octanol–water partition coefficient (Wildman–Crippen LogP) is 0.624. The molecule has 1 fully saturated rings. The lowest BCUT2D eigenvalue weighted by molar-refractivity contribution is 0.0696. The average molecular weight is 299 g/mol. The lowest BCUT2D eigenvalue weighted by Gasteiger charge is -2.27. The minimum atomic E-state index is -2.91. The van der Waals surface area contributed by atoms with Crippen LogP contribution in [0.1, 0.15) is 15.9 Å². The second-order valence-electron chi connectivity index (χ2n) is 4.76. The molecule has 0 radical (unpaired) electrons.